The molecule has 0 bridgehead atoms. The second-order valence-electron chi connectivity index (χ2n) is 5.14. The molecule has 0 unspecified atom stereocenters. The van der Waals surface area contributed by atoms with Crippen LogP contribution in [0.2, 0.25) is 5.02 Å². The number of rotatable bonds is 5. The maximum Gasteiger partial charge on any atom is 0.335 e. The Morgan fingerprint density at radius 2 is 1.88 bits per heavy atom. The van der Waals surface area contributed by atoms with Crippen LogP contribution < -0.4 is 5.43 Å². The molecule has 3 rings (SSSR count). The fourth-order valence-corrected chi connectivity index (χ4v) is 2.35. The third-order valence-electron chi connectivity index (χ3n) is 3.41. The molecule has 1 aromatic carbocycles. The van der Waals surface area contributed by atoms with Crippen molar-refractivity contribution in [2.45, 2.75) is 0 Å². The summed E-state index contributed by atoms with van der Waals surface area (Å²) in [5.74, 6) is -0.686. The van der Waals surface area contributed by atoms with Crippen LogP contribution in [-0.2, 0) is 0 Å². The monoisotopic (exact) mass is 369 g/mol. The number of carboxylic acids is 1. The molecular formula is C18H12ClN3O4. The van der Waals surface area contributed by atoms with E-state index in [2.05, 4.69) is 15.5 Å². The number of aromatic carboxylic acids is 1. The fraction of sp³-hybridized carbons (Fsp3) is 0. The maximum absolute atomic E-state index is 11.9. The molecule has 0 aliphatic carbocycles. The molecule has 8 heteroatoms. The molecule has 2 aromatic heterocycles. The highest BCUT2D eigenvalue weighted by Gasteiger charge is 2.12. The van der Waals surface area contributed by atoms with E-state index in [0.717, 1.165) is 0 Å². The van der Waals surface area contributed by atoms with Gasteiger partial charge in [0.15, 0.2) is 0 Å². The average Bonchev–Trinajstić information content (AvgIpc) is 3.11. The number of hydrazone groups is 1. The number of nitrogens with zero attached hydrogens (tertiary/aromatic N) is 2. The predicted octanol–water partition coefficient (Wildman–Crippen LogP) is 3.46. The van der Waals surface area contributed by atoms with Gasteiger partial charge in [0, 0.05) is 23.5 Å². The third-order valence-corrected chi connectivity index (χ3v) is 3.74. The molecule has 0 aliphatic heterocycles. The van der Waals surface area contributed by atoms with Crippen molar-refractivity contribution in [2.24, 2.45) is 5.10 Å². The van der Waals surface area contributed by atoms with Crippen molar-refractivity contribution in [3.8, 4) is 11.3 Å². The number of carboxylic acid groups (broad SMARTS) is 1. The fourth-order valence-electron chi connectivity index (χ4n) is 2.14. The second kappa shape index (κ2) is 7.62. The molecule has 1 amide bonds. The number of aromatic nitrogens is 1. The van der Waals surface area contributed by atoms with Crippen molar-refractivity contribution in [1.82, 2.24) is 10.4 Å². The zero-order chi connectivity index (χ0) is 18.5. The number of carbonyl (C=O) groups excluding carboxylic acids is 1. The molecule has 0 atom stereocenters. The van der Waals surface area contributed by atoms with Crippen molar-refractivity contribution in [2.75, 3.05) is 0 Å². The molecule has 0 saturated carbocycles. The summed E-state index contributed by atoms with van der Waals surface area (Å²) in [4.78, 5) is 26.8. The number of halogens is 1. The minimum atomic E-state index is -1.06. The van der Waals surface area contributed by atoms with Crippen molar-refractivity contribution in [3.05, 3.63) is 76.8 Å². The van der Waals surface area contributed by atoms with Crippen LogP contribution in [0.4, 0.5) is 0 Å². The van der Waals surface area contributed by atoms with Crippen molar-refractivity contribution in [3.63, 3.8) is 0 Å². The molecule has 3 aromatic rings. The van der Waals surface area contributed by atoms with Gasteiger partial charge in [0.05, 0.1) is 16.8 Å². The van der Waals surface area contributed by atoms with Gasteiger partial charge in [0.25, 0.3) is 5.91 Å². The van der Waals surface area contributed by atoms with Gasteiger partial charge in [-0.05, 0) is 42.5 Å². The number of furan rings is 1. The number of nitrogens with one attached hydrogen (secondary N) is 1. The topological polar surface area (TPSA) is 105 Å². The lowest BCUT2D eigenvalue weighted by molar-refractivity contribution is 0.0696. The first-order chi connectivity index (χ1) is 12.5. The minimum Gasteiger partial charge on any atom is -0.478 e. The van der Waals surface area contributed by atoms with Gasteiger partial charge < -0.3 is 9.52 Å². The Hall–Kier alpha value is -3.45. The van der Waals surface area contributed by atoms with Gasteiger partial charge in [-0.25, -0.2) is 10.2 Å². The van der Waals surface area contributed by atoms with E-state index in [9.17, 15) is 9.59 Å². The summed E-state index contributed by atoms with van der Waals surface area (Å²) in [5.41, 5.74) is 3.35. The van der Waals surface area contributed by atoms with Gasteiger partial charge in [0.2, 0.25) is 0 Å². The largest absolute Gasteiger partial charge is 0.478 e. The first-order valence-corrected chi connectivity index (χ1v) is 7.79. The summed E-state index contributed by atoms with van der Waals surface area (Å²) in [6.07, 6.45) is 4.34. The molecule has 0 saturated heterocycles. The Bertz CT molecular complexity index is 983. The van der Waals surface area contributed by atoms with Gasteiger partial charge in [0.1, 0.15) is 11.5 Å². The van der Waals surface area contributed by atoms with E-state index in [1.54, 1.807) is 24.3 Å². The zero-order valence-corrected chi connectivity index (χ0v) is 14.0. The number of carbonyl (C=O) groups is 2. The highest BCUT2D eigenvalue weighted by molar-refractivity contribution is 6.33. The summed E-state index contributed by atoms with van der Waals surface area (Å²) >= 11 is 6.11. The van der Waals surface area contributed by atoms with Crippen LogP contribution in [0.25, 0.3) is 11.3 Å². The molecule has 2 N–H and O–H groups in total. The lowest BCUT2D eigenvalue weighted by Gasteiger charge is -2.02. The molecule has 0 aliphatic rings. The van der Waals surface area contributed by atoms with E-state index in [4.69, 9.17) is 21.1 Å². The van der Waals surface area contributed by atoms with Gasteiger partial charge in [-0.1, -0.05) is 11.6 Å². The lowest BCUT2D eigenvalue weighted by Crippen LogP contribution is -2.17. The first kappa shape index (κ1) is 17.4. The Morgan fingerprint density at radius 3 is 2.62 bits per heavy atom. The van der Waals surface area contributed by atoms with Crippen LogP contribution in [0.3, 0.4) is 0 Å². The van der Waals surface area contributed by atoms with E-state index in [0.29, 0.717) is 27.7 Å². The van der Waals surface area contributed by atoms with Crippen LogP contribution in [0.1, 0.15) is 26.5 Å². The molecule has 7 nitrogen and oxygen atoms in total. The second-order valence-corrected chi connectivity index (χ2v) is 5.54. The minimum absolute atomic E-state index is 0.0978. The Morgan fingerprint density at radius 1 is 1.12 bits per heavy atom. The standard InChI is InChI=1S/C18H12ClN3O4/c19-15-3-1-12(18(24)25)9-14(15)16-4-2-13(26-16)10-21-22-17(23)11-5-7-20-8-6-11/h1-10H,(H,22,23)(H,24,25)/b21-10+. The lowest BCUT2D eigenvalue weighted by atomic mass is 10.1. The third kappa shape index (κ3) is 3.96. The number of benzene rings is 1. The van der Waals surface area contributed by atoms with Gasteiger partial charge >= 0.3 is 5.97 Å². The normalized spacial score (nSPS) is 10.8. The van der Waals surface area contributed by atoms with Crippen LogP contribution in [0, 0.1) is 0 Å². The van der Waals surface area contributed by atoms with Crippen molar-refractivity contribution >= 4 is 29.7 Å². The van der Waals surface area contributed by atoms with Crippen molar-refractivity contribution in [1.29, 1.82) is 0 Å². The summed E-state index contributed by atoms with van der Waals surface area (Å²) in [6.45, 7) is 0. The Labute approximate surface area is 152 Å². The van der Waals surface area contributed by atoms with Crippen LogP contribution >= 0.6 is 11.6 Å². The van der Waals surface area contributed by atoms with E-state index < -0.39 is 5.97 Å². The number of hydrogen-bond acceptors (Lipinski definition) is 5. The van der Waals surface area contributed by atoms with Crippen LogP contribution in [-0.4, -0.2) is 28.2 Å². The Balaban J connectivity index is 1.73. The molecule has 130 valence electrons. The Kier molecular flexibility index (Phi) is 5.09. The first-order valence-electron chi connectivity index (χ1n) is 7.41. The van der Waals surface area contributed by atoms with E-state index in [-0.39, 0.29) is 11.5 Å². The average molecular weight is 370 g/mol. The molecule has 0 spiro atoms. The highest BCUT2D eigenvalue weighted by Crippen LogP contribution is 2.30. The summed E-state index contributed by atoms with van der Waals surface area (Å²) in [6, 6.07) is 10.7. The van der Waals surface area contributed by atoms with E-state index >= 15 is 0 Å². The number of pyridine rings is 1. The SMILES string of the molecule is O=C(O)c1ccc(Cl)c(-c2ccc(/C=N/NC(=O)c3ccncc3)o2)c1. The van der Waals surface area contributed by atoms with Gasteiger partial charge in [-0.15, -0.1) is 0 Å². The molecule has 2 heterocycles. The summed E-state index contributed by atoms with van der Waals surface area (Å²) in [7, 11) is 0. The quantitative estimate of drug-likeness (QED) is 0.529. The highest BCUT2D eigenvalue weighted by atomic mass is 35.5. The molecule has 0 radical (unpaired) electrons. The number of hydrogen-bond donors (Lipinski definition) is 2. The number of amides is 1. The van der Waals surface area contributed by atoms with Crippen molar-refractivity contribution < 1.29 is 19.1 Å². The van der Waals surface area contributed by atoms with Crippen LogP contribution in [0.15, 0.2) is 64.4 Å². The zero-order valence-electron chi connectivity index (χ0n) is 13.2. The van der Waals surface area contributed by atoms with Crippen LogP contribution in [0.5, 0.6) is 0 Å². The van der Waals surface area contributed by atoms with E-state index in [1.807, 2.05) is 0 Å². The smallest absolute Gasteiger partial charge is 0.335 e. The molecule has 0 fully saturated rings. The summed E-state index contributed by atoms with van der Waals surface area (Å²) in [5, 5.41) is 13.3. The predicted molar refractivity (Wildman–Crippen MR) is 95.4 cm³/mol. The van der Waals surface area contributed by atoms with Gasteiger partial charge in [-0.3, -0.25) is 9.78 Å². The maximum atomic E-state index is 11.9. The molecular weight excluding hydrogens is 358 g/mol. The molecule has 26 heavy (non-hydrogen) atoms. The summed E-state index contributed by atoms with van der Waals surface area (Å²) < 4.78 is 5.58. The van der Waals surface area contributed by atoms with E-state index in [1.165, 1.54) is 36.8 Å². The van der Waals surface area contributed by atoms with Gasteiger partial charge in [-0.2, -0.15) is 5.10 Å².